The molecular formula is C13H14O4. The summed E-state index contributed by atoms with van der Waals surface area (Å²) in [5.41, 5.74) is -0.896. The van der Waals surface area contributed by atoms with Gasteiger partial charge in [-0.25, -0.2) is 4.79 Å². The van der Waals surface area contributed by atoms with E-state index in [4.69, 9.17) is 9.84 Å². The predicted molar refractivity (Wildman–Crippen MR) is 62.8 cm³/mol. The molecule has 0 amide bonds. The number of rotatable bonds is 4. The van der Waals surface area contributed by atoms with Gasteiger partial charge in [-0.2, -0.15) is 0 Å². The SMILES string of the molecule is C=CC(=O)OC(C)(C)C(=O)c1ccc(O)cc1. The van der Waals surface area contributed by atoms with Crippen molar-refractivity contribution in [3.8, 4) is 5.75 Å². The van der Waals surface area contributed by atoms with Crippen molar-refractivity contribution >= 4 is 11.8 Å². The average molecular weight is 234 g/mol. The van der Waals surface area contributed by atoms with Gasteiger partial charge in [0.05, 0.1) is 0 Å². The van der Waals surface area contributed by atoms with Gasteiger partial charge in [0, 0.05) is 11.6 Å². The zero-order chi connectivity index (χ0) is 13.1. The van der Waals surface area contributed by atoms with Crippen LogP contribution in [0.2, 0.25) is 0 Å². The number of phenolic OH excluding ortho intramolecular Hbond substituents is 1. The molecule has 90 valence electrons. The van der Waals surface area contributed by atoms with Crippen LogP contribution in [0.5, 0.6) is 5.75 Å². The van der Waals surface area contributed by atoms with Crippen LogP contribution in [0.3, 0.4) is 0 Å². The van der Waals surface area contributed by atoms with Crippen LogP contribution >= 0.6 is 0 Å². The number of phenols is 1. The Balaban J connectivity index is 2.91. The number of ketones is 1. The highest BCUT2D eigenvalue weighted by Gasteiger charge is 2.32. The fourth-order valence-corrected chi connectivity index (χ4v) is 1.30. The first kappa shape index (κ1) is 13.0. The van der Waals surface area contributed by atoms with Gasteiger partial charge in [0.15, 0.2) is 5.60 Å². The number of benzene rings is 1. The van der Waals surface area contributed by atoms with Gasteiger partial charge >= 0.3 is 5.97 Å². The van der Waals surface area contributed by atoms with Crippen LogP contribution in [-0.4, -0.2) is 22.5 Å². The van der Waals surface area contributed by atoms with Crippen molar-refractivity contribution in [2.24, 2.45) is 0 Å². The largest absolute Gasteiger partial charge is 0.508 e. The zero-order valence-corrected chi connectivity index (χ0v) is 9.77. The van der Waals surface area contributed by atoms with E-state index in [2.05, 4.69) is 6.58 Å². The topological polar surface area (TPSA) is 63.6 Å². The number of hydrogen-bond acceptors (Lipinski definition) is 4. The molecule has 0 bridgehead atoms. The number of aromatic hydroxyl groups is 1. The summed E-state index contributed by atoms with van der Waals surface area (Å²) in [7, 11) is 0. The van der Waals surface area contributed by atoms with E-state index >= 15 is 0 Å². The minimum atomic E-state index is -1.26. The van der Waals surface area contributed by atoms with Crippen molar-refractivity contribution in [3.63, 3.8) is 0 Å². The van der Waals surface area contributed by atoms with E-state index in [0.717, 1.165) is 6.08 Å². The lowest BCUT2D eigenvalue weighted by Gasteiger charge is -2.22. The summed E-state index contributed by atoms with van der Waals surface area (Å²) in [4.78, 5) is 23.1. The van der Waals surface area contributed by atoms with E-state index < -0.39 is 11.6 Å². The monoisotopic (exact) mass is 234 g/mol. The fourth-order valence-electron chi connectivity index (χ4n) is 1.30. The Hall–Kier alpha value is -2.10. The van der Waals surface area contributed by atoms with Crippen molar-refractivity contribution < 1.29 is 19.4 Å². The Kier molecular flexibility index (Phi) is 3.68. The third-order valence-corrected chi connectivity index (χ3v) is 2.20. The summed E-state index contributed by atoms with van der Waals surface area (Å²) >= 11 is 0. The molecule has 0 atom stereocenters. The highest BCUT2D eigenvalue weighted by atomic mass is 16.6. The van der Waals surface area contributed by atoms with Crippen LogP contribution < -0.4 is 0 Å². The number of hydrogen-bond donors (Lipinski definition) is 1. The molecule has 0 unspecified atom stereocenters. The summed E-state index contributed by atoms with van der Waals surface area (Å²) in [6.45, 7) is 6.28. The number of esters is 1. The molecule has 0 heterocycles. The second-order valence-corrected chi connectivity index (χ2v) is 4.01. The Morgan fingerprint density at radius 1 is 1.29 bits per heavy atom. The number of carbonyl (C=O) groups excluding carboxylic acids is 2. The Morgan fingerprint density at radius 2 is 1.82 bits per heavy atom. The lowest BCUT2D eigenvalue weighted by atomic mass is 9.96. The molecule has 0 saturated carbocycles. The van der Waals surface area contributed by atoms with Crippen LogP contribution in [0, 0.1) is 0 Å². The molecule has 17 heavy (non-hydrogen) atoms. The highest BCUT2D eigenvalue weighted by Crippen LogP contribution is 2.19. The summed E-state index contributed by atoms with van der Waals surface area (Å²) in [6, 6.07) is 5.75. The van der Waals surface area contributed by atoms with Crippen LogP contribution in [0.25, 0.3) is 0 Å². The van der Waals surface area contributed by atoms with E-state index in [1.165, 1.54) is 38.1 Å². The van der Waals surface area contributed by atoms with Gasteiger partial charge in [0.1, 0.15) is 5.75 Å². The van der Waals surface area contributed by atoms with Crippen LogP contribution in [0.1, 0.15) is 24.2 Å². The van der Waals surface area contributed by atoms with Crippen LogP contribution in [-0.2, 0) is 9.53 Å². The van der Waals surface area contributed by atoms with Gasteiger partial charge in [-0.05, 0) is 38.1 Å². The summed E-state index contributed by atoms with van der Waals surface area (Å²) < 4.78 is 4.96. The molecular weight excluding hydrogens is 220 g/mol. The van der Waals surface area contributed by atoms with Crippen LogP contribution in [0.15, 0.2) is 36.9 Å². The molecule has 1 N–H and O–H groups in total. The fraction of sp³-hybridized carbons (Fsp3) is 0.231. The molecule has 4 nitrogen and oxygen atoms in total. The molecule has 0 aromatic heterocycles. The summed E-state index contributed by atoms with van der Waals surface area (Å²) in [5.74, 6) is -0.919. The van der Waals surface area contributed by atoms with Crippen molar-refractivity contribution in [2.75, 3.05) is 0 Å². The second-order valence-electron chi connectivity index (χ2n) is 4.01. The van der Waals surface area contributed by atoms with E-state index in [9.17, 15) is 9.59 Å². The third kappa shape index (κ3) is 3.17. The smallest absolute Gasteiger partial charge is 0.331 e. The van der Waals surface area contributed by atoms with Crippen molar-refractivity contribution in [3.05, 3.63) is 42.5 Å². The van der Waals surface area contributed by atoms with Gasteiger partial charge < -0.3 is 9.84 Å². The lowest BCUT2D eigenvalue weighted by molar-refractivity contribution is -0.146. The molecule has 1 aromatic carbocycles. The Morgan fingerprint density at radius 3 is 2.29 bits per heavy atom. The van der Waals surface area contributed by atoms with Crippen molar-refractivity contribution in [2.45, 2.75) is 19.4 Å². The minimum absolute atomic E-state index is 0.0717. The first-order chi connectivity index (χ1) is 7.86. The minimum Gasteiger partial charge on any atom is -0.508 e. The average Bonchev–Trinajstić information content (AvgIpc) is 2.28. The number of ether oxygens (including phenoxy) is 1. The normalized spacial score (nSPS) is 10.7. The highest BCUT2D eigenvalue weighted by molar-refractivity contribution is 6.03. The molecule has 0 fully saturated rings. The molecule has 0 radical (unpaired) electrons. The molecule has 0 aliphatic carbocycles. The maximum atomic E-state index is 12.0. The first-order valence-electron chi connectivity index (χ1n) is 5.06. The van der Waals surface area contributed by atoms with Gasteiger partial charge in [0.25, 0.3) is 0 Å². The van der Waals surface area contributed by atoms with Crippen LogP contribution in [0.4, 0.5) is 0 Å². The quantitative estimate of drug-likeness (QED) is 0.492. The molecule has 0 aliphatic rings. The second kappa shape index (κ2) is 4.82. The van der Waals surface area contributed by atoms with Gasteiger partial charge in [0.2, 0.25) is 5.78 Å². The van der Waals surface area contributed by atoms with Gasteiger partial charge in [-0.15, -0.1) is 0 Å². The van der Waals surface area contributed by atoms with Crippen molar-refractivity contribution in [1.82, 2.24) is 0 Å². The van der Waals surface area contributed by atoms with Crippen molar-refractivity contribution in [1.29, 1.82) is 0 Å². The predicted octanol–water partition coefficient (Wildman–Crippen LogP) is 2.08. The summed E-state index contributed by atoms with van der Waals surface area (Å²) in [6.07, 6.45) is 1.01. The van der Waals surface area contributed by atoms with Gasteiger partial charge in [-0.3, -0.25) is 4.79 Å². The summed E-state index contributed by atoms with van der Waals surface area (Å²) in [5, 5.41) is 9.11. The van der Waals surface area contributed by atoms with E-state index in [-0.39, 0.29) is 11.5 Å². The molecule has 0 saturated heterocycles. The Bertz CT molecular complexity index is 443. The van der Waals surface area contributed by atoms with E-state index in [0.29, 0.717) is 5.56 Å². The zero-order valence-electron chi connectivity index (χ0n) is 9.77. The maximum absolute atomic E-state index is 12.0. The molecule has 0 aliphatic heterocycles. The van der Waals surface area contributed by atoms with E-state index in [1.807, 2.05) is 0 Å². The van der Waals surface area contributed by atoms with Gasteiger partial charge in [-0.1, -0.05) is 6.58 Å². The Labute approximate surface area is 99.5 Å². The molecule has 1 rings (SSSR count). The molecule has 0 spiro atoms. The molecule has 1 aromatic rings. The number of Topliss-reactive ketones (excluding diaryl/α,β-unsaturated/α-hetero) is 1. The lowest BCUT2D eigenvalue weighted by Crippen LogP contribution is -2.36. The van der Waals surface area contributed by atoms with E-state index in [1.54, 1.807) is 0 Å². The number of carbonyl (C=O) groups is 2. The first-order valence-corrected chi connectivity index (χ1v) is 5.06. The maximum Gasteiger partial charge on any atom is 0.331 e. The molecule has 4 heteroatoms. The standard InChI is InChI=1S/C13H14O4/c1-4-11(15)17-13(2,3)12(16)9-5-7-10(14)8-6-9/h4-8,14H,1H2,2-3H3. The third-order valence-electron chi connectivity index (χ3n) is 2.20.